The summed E-state index contributed by atoms with van der Waals surface area (Å²) >= 11 is 0. The van der Waals surface area contributed by atoms with Crippen LogP contribution in [0.2, 0.25) is 0 Å². The third kappa shape index (κ3) is 4.43. The molecule has 35 heavy (non-hydrogen) atoms. The SMILES string of the molecule is CC1(C)C(/C=C/C=C/C=C2/N(C(C)(C)C)c3ccccc3C2(C)C)=[N+](CCCO)c2ccccc21. The second-order valence-corrected chi connectivity index (χ2v) is 11.7. The van der Waals surface area contributed by atoms with Crippen molar-refractivity contribution in [3.63, 3.8) is 0 Å². The van der Waals surface area contributed by atoms with Crippen molar-refractivity contribution in [3.8, 4) is 0 Å². The van der Waals surface area contributed by atoms with Crippen molar-refractivity contribution in [2.75, 3.05) is 18.1 Å². The van der Waals surface area contributed by atoms with Gasteiger partial charge in [-0.05, 0) is 52.3 Å². The maximum absolute atomic E-state index is 9.45. The standard InChI is InChI=1S/C32H41N2O/c1-30(2,3)34-27-19-14-12-17-25(27)32(6,7)29(34)21-10-8-9-20-28-31(4,5)24-16-11-13-18-26(24)33(28)22-15-23-35/h8-14,16-21,35H,15,22-23H2,1-7H3/q+1. The Morgan fingerprint density at radius 3 is 2.20 bits per heavy atom. The van der Waals surface area contributed by atoms with E-state index in [-0.39, 0.29) is 23.0 Å². The summed E-state index contributed by atoms with van der Waals surface area (Å²) in [4.78, 5) is 2.48. The van der Waals surface area contributed by atoms with E-state index < -0.39 is 0 Å². The Bertz CT molecular complexity index is 1220. The van der Waals surface area contributed by atoms with Crippen molar-refractivity contribution in [1.29, 1.82) is 0 Å². The Morgan fingerprint density at radius 2 is 1.51 bits per heavy atom. The fourth-order valence-corrected chi connectivity index (χ4v) is 5.72. The molecule has 0 aromatic heterocycles. The molecule has 2 aliphatic heterocycles. The van der Waals surface area contributed by atoms with Crippen molar-refractivity contribution in [1.82, 2.24) is 0 Å². The third-order valence-electron chi connectivity index (χ3n) is 7.44. The molecule has 2 aromatic rings. The lowest BCUT2D eigenvalue weighted by Gasteiger charge is -2.38. The predicted molar refractivity (Wildman–Crippen MR) is 149 cm³/mol. The molecule has 2 heterocycles. The fourth-order valence-electron chi connectivity index (χ4n) is 5.72. The van der Waals surface area contributed by atoms with Gasteiger partial charge in [-0.2, -0.15) is 4.58 Å². The second-order valence-electron chi connectivity index (χ2n) is 11.7. The molecular weight excluding hydrogens is 428 g/mol. The van der Waals surface area contributed by atoms with Crippen LogP contribution in [0.15, 0.2) is 84.6 Å². The number of aliphatic hydroxyl groups is 1. The van der Waals surface area contributed by atoms with Crippen LogP contribution in [-0.4, -0.2) is 34.1 Å². The molecule has 2 aromatic carbocycles. The number of anilines is 1. The van der Waals surface area contributed by atoms with Gasteiger partial charge in [-0.3, -0.25) is 0 Å². The first-order chi connectivity index (χ1) is 16.5. The number of nitrogens with zero attached hydrogens (tertiary/aromatic N) is 2. The lowest BCUT2D eigenvalue weighted by molar-refractivity contribution is -0.438. The molecule has 1 N–H and O–H groups in total. The average Bonchev–Trinajstić information content (AvgIpc) is 3.16. The maximum atomic E-state index is 9.45. The summed E-state index contributed by atoms with van der Waals surface area (Å²) < 4.78 is 2.37. The molecule has 4 rings (SSSR count). The third-order valence-corrected chi connectivity index (χ3v) is 7.44. The Morgan fingerprint density at radius 1 is 0.857 bits per heavy atom. The molecule has 0 unspecified atom stereocenters. The van der Waals surface area contributed by atoms with Gasteiger partial charge in [0.2, 0.25) is 5.69 Å². The number of rotatable bonds is 6. The summed E-state index contributed by atoms with van der Waals surface area (Å²) in [6, 6.07) is 17.4. The van der Waals surface area contributed by atoms with E-state index in [1.807, 2.05) is 0 Å². The zero-order valence-corrected chi connectivity index (χ0v) is 22.5. The van der Waals surface area contributed by atoms with E-state index in [2.05, 4.69) is 137 Å². The van der Waals surface area contributed by atoms with Crippen LogP contribution in [0.3, 0.4) is 0 Å². The number of para-hydroxylation sites is 2. The van der Waals surface area contributed by atoms with E-state index in [1.54, 1.807) is 0 Å². The van der Waals surface area contributed by atoms with Gasteiger partial charge < -0.3 is 10.0 Å². The van der Waals surface area contributed by atoms with Gasteiger partial charge in [0.25, 0.3) is 0 Å². The smallest absolute Gasteiger partial charge is 0.209 e. The molecule has 0 aliphatic carbocycles. The minimum atomic E-state index is -0.0764. The predicted octanol–water partition coefficient (Wildman–Crippen LogP) is 7.04. The topological polar surface area (TPSA) is 26.5 Å². The van der Waals surface area contributed by atoms with Crippen LogP contribution < -0.4 is 4.90 Å². The van der Waals surface area contributed by atoms with Crippen LogP contribution >= 0.6 is 0 Å². The molecule has 0 saturated heterocycles. The summed E-state index contributed by atoms with van der Waals surface area (Å²) in [6.45, 7) is 17.1. The van der Waals surface area contributed by atoms with Crippen molar-refractivity contribution in [3.05, 3.63) is 95.7 Å². The summed E-state index contributed by atoms with van der Waals surface area (Å²) in [5.74, 6) is 0. The maximum Gasteiger partial charge on any atom is 0.209 e. The molecule has 2 aliphatic rings. The van der Waals surface area contributed by atoms with Crippen LogP contribution in [0.25, 0.3) is 0 Å². The number of benzene rings is 2. The van der Waals surface area contributed by atoms with Crippen LogP contribution in [0.4, 0.5) is 11.4 Å². The number of hydrogen-bond acceptors (Lipinski definition) is 2. The first-order valence-electron chi connectivity index (χ1n) is 12.8. The minimum absolute atomic E-state index is 0.0118. The molecule has 0 spiro atoms. The van der Waals surface area contributed by atoms with E-state index in [1.165, 1.54) is 33.9 Å². The van der Waals surface area contributed by atoms with Gasteiger partial charge in [-0.1, -0.05) is 68.5 Å². The average molecular weight is 470 g/mol. The van der Waals surface area contributed by atoms with E-state index >= 15 is 0 Å². The summed E-state index contributed by atoms with van der Waals surface area (Å²) in [5, 5.41) is 9.45. The van der Waals surface area contributed by atoms with Crippen molar-refractivity contribution < 1.29 is 9.68 Å². The Kier molecular flexibility index (Phi) is 6.68. The first kappa shape index (κ1) is 25.2. The van der Waals surface area contributed by atoms with Gasteiger partial charge in [0.05, 0.1) is 5.41 Å². The molecule has 3 heteroatoms. The molecule has 0 saturated carbocycles. The van der Waals surface area contributed by atoms with Crippen molar-refractivity contribution in [2.24, 2.45) is 0 Å². The largest absolute Gasteiger partial charge is 0.396 e. The highest BCUT2D eigenvalue weighted by Crippen LogP contribution is 2.50. The summed E-state index contributed by atoms with van der Waals surface area (Å²) in [6.07, 6.45) is 11.7. The van der Waals surface area contributed by atoms with E-state index in [0.29, 0.717) is 0 Å². The van der Waals surface area contributed by atoms with Crippen LogP contribution in [0.1, 0.15) is 66.0 Å². The molecule has 0 radical (unpaired) electrons. The number of fused-ring (bicyclic) bond motifs is 2. The minimum Gasteiger partial charge on any atom is -0.396 e. The van der Waals surface area contributed by atoms with Crippen molar-refractivity contribution >= 4 is 17.1 Å². The highest BCUT2D eigenvalue weighted by molar-refractivity contribution is 6.03. The Balaban J connectivity index is 1.65. The highest BCUT2D eigenvalue weighted by Gasteiger charge is 2.44. The fraction of sp³-hybridized carbons (Fsp3) is 0.406. The van der Waals surface area contributed by atoms with E-state index in [9.17, 15) is 5.11 Å². The summed E-state index contributed by atoms with van der Waals surface area (Å²) in [7, 11) is 0. The Hall–Kier alpha value is -2.91. The lowest BCUT2D eigenvalue weighted by Crippen LogP contribution is -2.41. The second kappa shape index (κ2) is 9.28. The normalized spacial score (nSPS) is 19.9. The van der Waals surface area contributed by atoms with Gasteiger partial charge in [0.15, 0.2) is 12.3 Å². The van der Waals surface area contributed by atoms with Crippen LogP contribution in [0, 0.1) is 0 Å². The van der Waals surface area contributed by atoms with Gasteiger partial charge in [0, 0.05) is 53.1 Å². The highest BCUT2D eigenvalue weighted by atomic mass is 16.3. The van der Waals surface area contributed by atoms with Gasteiger partial charge in [0.1, 0.15) is 0 Å². The van der Waals surface area contributed by atoms with Crippen LogP contribution in [-0.2, 0) is 10.8 Å². The van der Waals surface area contributed by atoms with E-state index in [4.69, 9.17) is 0 Å². The van der Waals surface area contributed by atoms with Crippen LogP contribution in [0.5, 0.6) is 0 Å². The lowest BCUT2D eigenvalue weighted by atomic mass is 9.81. The summed E-state index contributed by atoms with van der Waals surface area (Å²) in [5.41, 5.74) is 7.73. The zero-order chi connectivity index (χ0) is 25.4. The quantitative estimate of drug-likeness (QED) is 0.363. The molecule has 0 bridgehead atoms. The molecule has 184 valence electrons. The first-order valence-corrected chi connectivity index (χ1v) is 12.8. The molecule has 0 amide bonds. The van der Waals surface area contributed by atoms with Gasteiger partial charge in [-0.25, -0.2) is 0 Å². The number of aliphatic hydroxyl groups excluding tert-OH is 1. The van der Waals surface area contributed by atoms with Gasteiger partial charge >= 0.3 is 0 Å². The Labute approximate surface area is 211 Å². The monoisotopic (exact) mass is 469 g/mol. The number of allylic oxidation sites excluding steroid dienone is 6. The molecular formula is C32H41N2O+. The molecule has 0 fully saturated rings. The zero-order valence-electron chi connectivity index (χ0n) is 22.5. The van der Waals surface area contributed by atoms with Crippen molar-refractivity contribution in [2.45, 2.75) is 71.3 Å². The van der Waals surface area contributed by atoms with Gasteiger partial charge in [-0.15, -0.1) is 0 Å². The number of hydrogen-bond donors (Lipinski definition) is 1. The molecule has 0 atom stereocenters. The van der Waals surface area contributed by atoms with E-state index in [0.717, 1.165) is 13.0 Å². The molecule has 3 nitrogen and oxygen atoms in total.